The number of nitrogens with zero attached hydrogens (tertiary/aromatic N) is 1. The van der Waals surface area contributed by atoms with E-state index in [-0.39, 0.29) is 29.7 Å². The van der Waals surface area contributed by atoms with E-state index in [1.807, 2.05) is 24.3 Å². The lowest BCUT2D eigenvalue weighted by Gasteiger charge is -2.10. The van der Waals surface area contributed by atoms with Crippen LogP contribution in [0.3, 0.4) is 0 Å². The Balaban J connectivity index is 1.65. The van der Waals surface area contributed by atoms with Crippen LogP contribution in [0.15, 0.2) is 40.8 Å². The van der Waals surface area contributed by atoms with Crippen LogP contribution in [0.25, 0.3) is 11.0 Å². The van der Waals surface area contributed by atoms with Crippen molar-refractivity contribution in [2.45, 2.75) is 26.8 Å². The number of anilines is 2. The van der Waals surface area contributed by atoms with Gasteiger partial charge in [-0.15, -0.1) is 0 Å². The fourth-order valence-electron chi connectivity index (χ4n) is 2.54. The molecular formula is C20H24N4O3. The largest absolute Gasteiger partial charge is 0.493 e. The number of hydrogen-bond acceptors (Lipinski definition) is 6. The highest BCUT2D eigenvalue weighted by Gasteiger charge is 2.12. The molecule has 0 aliphatic carbocycles. The number of nitrogens with one attached hydrogen (secondary N) is 1. The summed E-state index contributed by atoms with van der Waals surface area (Å²) in [6, 6.07) is 10.7. The van der Waals surface area contributed by atoms with E-state index in [0.717, 1.165) is 23.1 Å². The van der Waals surface area contributed by atoms with Crippen LogP contribution in [-0.4, -0.2) is 17.5 Å². The number of pyridine rings is 1. The second kappa shape index (κ2) is 7.99. The molecule has 2 heterocycles. The monoisotopic (exact) mass is 368 g/mol. The van der Waals surface area contributed by atoms with Crippen LogP contribution in [0.4, 0.5) is 11.6 Å². The zero-order valence-electron chi connectivity index (χ0n) is 15.5. The van der Waals surface area contributed by atoms with Crippen molar-refractivity contribution < 1.29 is 13.9 Å². The third-order valence-electron chi connectivity index (χ3n) is 4.39. The number of aromatic nitrogens is 1. The highest BCUT2D eigenvalue weighted by Crippen LogP contribution is 2.25. The molecule has 0 bridgehead atoms. The number of nitrogen functional groups attached to an aromatic ring is 2. The summed E-state index contributed by atoms with van der Waals surface area (Å²) < 4.78 is 11.6. The Morgan fingerprint density at radius 2 is 2.07 bits per heavy atom. The zero-order chi connectivity index (χ0) is 19.4. The van der Waals surface area contributed by atoms with Gasteiger partial charge in [0.15, 0.2) is 0 Å². The summed E-state index contributed by atoms with van der Waals surface area (Å²) in [4.78, 5) is 16.2. The van der Waals surface area contributed by atoms with Crippen molar-refractivity contribution in [2.75, 3.05) is 18.1 Å². The maximum Gasteiger partial charge on any atom is 0.255 e. The molecule has 5 N–H and O–H groups in total. The molecule has 1 unspecified atom stereocenters. The number of carbonyl (C=O) groups excluding carboxylic acids is 1. The Kier molecular flexibility index (Phi) is 5.49. The Morgan fingerprint density at radius 3 is 2.81 bits per heavy atom. The van der Waals surface area contributed by atoms with Gasteiger partial charge in [-0.3, -0.25) is 4.79 Å². The molecule has 1 aromatic carbocycles. The average molecular weight is 368 g/mol. The van der Waals surface area contributed by atoms with Gasteiger partial charge in [0, 0.05) is 11.5 Å². The minimum atomic E-state index is -0.335. The van der Waals surface area contributed by atoms with Gasteiger partial charge < -0.3 is 25.9 Å². The maximum atomic E-state index is 12.3. The molecule has 27 heavy (non-hydrogen) atoms. The minimum absolute atomic E-state index is 0.0974. The average Bonchev–Trinajstić information content (AvgIpc) is 3.06. The molecule has 0 spiro atoms. The fraction of sp³-hybridized carbons (Fsp3) is 0.300. The van der Waals surface area contributed by atoms with Gasteiger partial charge in [0.2, 0.25) is 0 Å². The highest BCUT2D eigenvalue weighted by molar-refractivity contribution is 5.98. The second-order valence-electron chi connectivity index (χ2n) is 6.59. The molecule has 3 aromatic rings. The molecule has 0 saturated heterocycles. The number of furan rings is 1. The molecule has 0 aliphatic rings. The molecule has 1 amide bonds. The lowest BCUT2D eigenvalue weighted by molar-refractivity contribution is 0.0949. The quantitative estimate of drug-likeness (QED) is 0.589. The molecular weight excluding hydrogens is 344 g/mol. The molecule has 0 saturated carbocycles. The van der Waals surface area contributed by atoms with Crippen LogP contribution < -0.4 is 21.5 Å². The number of benzene rings is 1. The topological polar surface area (TPSA) is 116 Å². The zero-order valence-corrected chi connectivity index (χ0v) is 15.5. The molecule has 0 fully saturated rings. The van der Waals surface area contributed by atoms with Crippen molar-refractivity contribution in [1.82, 2.24) is 10.3 Å². The Bertz CT molecular complexity index is 952. The summed E-state index contributed by atoms with van der Waals surface area (Å²) >= 11 is 0. The van der Waals surface area contributed by atoms with E-state index in [9.17, 15) is 4.79 Å². The number of rotatable bonds is 7. The van der Waals surface area contributed by atoms with Gasteiger partial charge >= 0.3 is 0 Å². The molecule has 7 heteroatoms. The van der Waals surface area contributed by atoms with Crippen molar-refractivity contribution in [1.29, 1.82) is 0 Å². The van der Waals surface area contributed by atoms with Gasteiger partial charge in [-0.25, -0.2) is 4.98 Å². The van der Waals surface area contributed by atoms with Crippen molar-refractivity contribution in [2.24, 2.45) is 5.92 Å². The van der Waals surface area contributed by atoms with Crippen molar-refractivity contribution in [3.63, 3.8) is 0 Å². The smallest absolute Gasteiger partial charge is 0.255 e. The van der Waals surface area contributed by atoms with E-state index in [0.29, 0.717) is 18.3 Å². The van der Waals surface area contributed by atoms with E-state index in [2.05, 4.69) is 24.1 Å². The minimum Gasteiger partial charge on any atom is -0.493 e. The van der Waals surface area contributed by atoms with Crippen molar-refractivity contribution >= 4 is 28.5 Å². The van der Waals surface area contributed by atoms with Gasteiger partial charge in [-0.05, 0) is 36.2 Å². The van der Waals surface area contributed by atoms with Crippen LogP contribution in [0.1, 0.15) is 36.4 Å². The first-order valence-corrected chi connectivity index (χ1v) is 8.91. The summed E-state index contributed by atoms with van der Waals surface area (Å²) in [6.07, 6.45) is 1.07. The van der Waals surface area contributed by atoms with Crippen LogP contribution in [0, 0.1) is 5.92 Å². The van der Waals surface area contributed by atoms with E-state index in [4.69, 9.17) is 20.6 Å². The van der Waals surface area contributed by atoms with E-state index in [1.165, 1.54) is 6.07 Å². The number of ether oxygens (including phenoxy) is 1. The summed E-state index contributed by atoms with van der Waals surface area (Å²) in [7, 11) is 0. The van der Waals surface area contributed by atoms with E-state index in [1.54, 1.807) is 6.07 Å². The van der Waals surface area contributed by atoms with Crippen molar-refractivity contribution in [3.8, 4) is 5.75 Å². The van der Waals surface area contributed by atoms with Crippen molar-refractivity contribution in [3.05, 3.63) is 47.7 Å². The van der Waals surface area contributed by atoms with Gasteiger partial charge in [-0.2, -0.15) is 0 Å². The highest BCUT2D eigenvalue weighted by atomic mass is 16.5. The lowest BCUT2D eigenvalue weighted by atomic mass is 10.1. The maximum absolute atomic E-state index is 12.3. The molecule has 1 atom stereocenters. The van der Waals surface area contributed by atoms with E-state index < -0.39 is 0 Å². The lowest BCUT2D eigenvalue weighted by Crippen LogP contribution is -2.24. The van der Waals surface area contributed by atoms with Crippen LogP contribution in [-0.2, 0) is 6.54 Å². The number of nitrogens with two attached hydrogens (primary N) is 2. The molecule has 2 aromatic heterocycles. The number of hydrogen-bond donors (Lipinski definition) is 3. The summed E-state index contributed by atoms with van der Waals surface area (Å²) in [5, 5.41) is 3.72. The first-order chi connectivity index (χ1) is 13.0. The van der Waals surface area contributed by atoms with Gasteiger partial charge in [0.25, 0.3) is 5.91 Å². The molecule has 0 radical (unpaired) electrons. The summed E-state index contributed by atoms with van der Waals surface area (Å²) in [5.41, 5.74) is 12.3. The number of fused-ring (bicyclic) bond motifs is 1. The predicted octanol–water partition coefficient (Wildman–Crippen LogP) is 3.35. The molecule has 7 nitrogen and oxygen atoms in total. The second-order valence-corrected chi connectivity index (χ2v) is 6.59. The van der Waals surface area contributed by atoms with Crippen LogP contribution in [0.5, 0.6) is 5.75 Å². The fourth-order valence-corrected chi connectivity index (χ4v) is 2.54. The normalized spacial score (nSPS) is 12.1. The molecule has 3 rings (SSSR count). The van der Waals surface area contributed by atoms with Gasteiger partial charge in [-0.1, -0.05) is 20.3 Å². The van der Waals surface area contributed by atoms with Crippen LogP contribution >= 0.6 is 0 Å². The standard InChI is InChI=1S/C20H24N4O3/c1-3-12(2)11-26-14-5-4-13-8-15(27-17(13)9-14)10-23-20(25)16-6-7-18(21)24-19(16)22/h4-9,12H,3,10-11H2,1-2H3,(H,23,25)(H4,21,22,24). The number of amides is 1. The van der Waals surface area contributed by atoms with Gasteiger partial charge in [0.1, 0.15) is 28.7 Å². The third kappa shape index (κ3) is 4.49. The number of carbonyl (C=O) groups is 1. The van der Waals surface area contributed by atoms with Gasteiger partial charge in [0.05, 0.1) is 18.7 Å². The predicted molar refractivity (Wildman–Crippen MR) is 105 cm³/mol. The SMILES string of the molecule is CCC(C)COc1ccc2cc(CNC(=O)c3ccc(N)nc3N)oc2c1. The Labute approximate surface area is 157 Å². The molecule has 142 valence electrons. The molecule has 0 aliphatic heterocycles. The first-order valence-electron chi connectivity index (χ1n) is 8.91. The Morgan fingerprint density at radius 1 is 1.26 bits per heavy atom. The summed E-state index contributed by atoms with van der Waals surface area (Å²) in [5.74, 6) is 1.94. The third-order valence-corrected chi connectivity index (χ3v) is 4.39. The first kappa shape index (κ1) is 18.6. The summed E-state index contributed by atoms with van der Waals surface area (Å²) in [6.45, 7) is 5.19. The Hall–Kier alpha value is -3.22. The van der Waals surface area contributed by atoms with E-state index >= 15 is 0 Å². The van der Waals surface area contributed by atoms with Crippen LogP contribution in [0.2, 0.25) is 0 Å².